The lowest BCUT2D eigenvalue weighted by Crippen LogP contribution is -2.15. The summed E-state index contributed by atoms with van der Waals surface area (Å²) in [6, 6.07) is 3.70. The molecule has 0 aliphatic carbocycles. The summed E-state index contributed by atoms with van der Waals surface area (Å²) < 4.78 is 22.7. The third-order valence-corrected chi connectivity index (χ3v) is 3.66. The molecule has 0 aliphatic rings. The standard InChI is InChI=1S/C11H16N2O5S/c1-8(7-14)6-12-10-4-3-9(19(2,17)18)5-11(10)13(15)16/h3-5,8,12,14H,6-7H2,1-2H3. The summed E-state index contributed by atoms with van der Waals surface area (Å²) in [5.74, 6) is -0.0609. The molecular weight excluding hydrogens is 272 g/mol. The van der Waals surface area contributed by atoms with E-state index in [4.69, 9.17) is 5.11 Å². The van der Waals surface area contributed by atoms with Crippen molar-refractivity contribution in [3.63, 3.8) is 0 Å². The molecule has 0 saturated heterocycles. The Morgan fingerprint density at radius 2 is 2.11 bits per heavy atom. The van der Waals surface area contributed by atoms with Crippen molar-refractivity contribution in [2.75, 3.05) is 24.7 Å². The van der Waals surface area contributed by atoms with Gasteiger partial charge in [0, 0.05) is 25.5 Å². The van der Waals surface area contributed by atoms with Gasteiger partial charge in [0.05, 0.1) is 9.82 Å². The van der Waals surface area contributed by atoms with Gasteiger partial charge in [-0.3, -0.25) is 10.1 Å². The Kier molecular flexibility index (Phi) is 4.84. The molecule has 0 fully saturated rings. The zero-order valence-electron chi connectivity index (χ0n) is 10.7. The lowest BCUT2D eigenvalue weighted by molar-refractivity contribution is -0.384. The molecule has 0 aliphatic heterocycles. The fourth-order valence-corrected chi connectivity index (χ4v) is 2.03. The lowest BCUT2D eigenvalue weighted by atomic mass is 10.2. The molecule has 1 atom stereocenters. The number of nitrogens with zero attached hydrogens (tertiary/aromatic N) is 1. The molecule has 7 nitrogen and oxygen atoms in total. The molecule has 0 spiro atoms. The van der Waals surface area contributed by atoms with Crippen LogP contribution in [0.3, 0.4) is 0 Å². The van der Waals surface area contributed by atoms with Crippen LogP contribution in [-0.4, -0.2) is 37.9 Å². The highest BCUT2D eigenvalue weighted by Crippen LogP contribution is 2.27. The summed E-state index contributed by atoms with van der Waals surface area (Å²) in [4.78, 5) is 10.2. The number of rotatable bonds is 6. The Balaban J connectivity index is 3.09. The molecule has 1 aromatic carbocycles. The van der Waals surface area contributed by atoms with Gasteiger partial charge in [-0.15, -0.1) is 0 Å². The maximum absolute atomic E-state index is 11.4. The minimum atomic E-state index is -3.48. The van der Waals surface area contributed by atoms with E-state index < -0.39 is 14.8 Å². The van der Waals surface area contributed by atoms with E-state index in [9.17, 15) is 18.5 Å². The van der Waals surface area contributed by atoms with Gasteiger partial charge in [-0.1, -0.05) is 6.92 Å². The molecule has 0 aromatic heterocycles. The second-order valence-electron chi connectivity index (χ2n) is 4.38. The van der Waals surface area contributed by atoms with Crippen molar-refractivity contribution in [3.8, 4) is 0 Å². The van der Waals surface area contributed by atoms with Crippen LogP contribution in [0.1, 0.15) is 6.92 Å². The van der Waals surface area contributed by atoms with Gasteiger partial charge in [0.25, 0.3) is 5.69 Å². The third kappa shape index (κ3) is 4.18. The molecule has 0 saturated carbocycles. The highest BCUT2D eigenvalue weighted by molar-refractivity contribution is 7.90. The minimum absolute atomic E-state index is 0.0395. The normalized spacial score (nSPS) is 13.0. The number of aliphatic hydroxyl groups is 1. The molecular formula is C11H16N2O5S. The summed E-state index contributed by atoms with van der Waals surface area (Å²) in [7, 11) is -3.48. The summed E-state index contributed by atoms with van der Waals surface area (Å²) in [6.45, 7) is 2.10. The van der Waals surface area contributed by atoms with Gasteiger partial charge in [0.2, 0.25) is 0 Å². The minimum Gasteiger partial charge on any atom is -0.396 e. The first-order valence-electron chi connectivity index (χ1n) is 5.59. The van der Waals surface area contributed by atoms with Crippen LogP contribution in [-0.2, 0) is 9.84 Å². The summed E-state index contributed by atoms with van der Waals surface area (Å²) >= 11 is 0. The molecule has 106 valence electrons. The van der Waals surface area contributed by atoms with E-state index in [-0.39, 0.29) is 28.8 Å². The number of nitrogens with one attached hydrogen (secondary N) is 1. The average molecular weight is 288 g/mol. The Hall–Kier alpha value is -1.67. The third-order valence-electron chi connectivity index (χ3n) is 2.55. The quantitative estimate of drug-likeness (QED) is 0.598. The molecule has 1 rings (SSSR count). The number of sulfone groups is 1. The topological polar surface area (TPSA) is 110 Å². The number of aliphatic hydroxyl groups excluding tert-OH is 1. The van der Waals surface area contributed by atoms with Crippen molar-refractivity contribution in [1.29, 1.82) is 0 Å². The Morgan fingerprint density at radius 1 is 1.47 bits per heavy atom. The van der Waals surface area contributed by atoms with E-state index >= 15 is 0 Å². The van der Waals surface area contributed by atoms with Crippen molar-refractivity contribution in [1.82, 2.24) is 0 Å². The smallest absolute Gasteiger partial charge is 0.293 e. The molecule has 0 bridgehead atoms. The van der Waals surface area contributed by atoms with E-state index in [1.54, 1.807) is 6.92 Å². The number of nitro groups is 1. The Morgan fingerprint density at radius 3 is 2.58 bits per heavy atom. The van der Waals surface area contributed by atoms with Gasteiger partial charge in [0.1, 0.15) is 5.69 Å². The summed E-state index contributed by atoms with van der Waals surface area (Å²) in [5.41, 5.74) is -0.0641. The lowest BCUT2D eigenvalue weighted by Gasteiger charge is -2.11. The van der Waals surface area contributed by atoms with Crippen molar-refractivity contribution >= 4 is 21.2 Å². The zero-order valence-corrected chi connectivity index (χ0v) is 11.5. The zero-order chi connectivity index (χ0) is 14.6. The first-order chi connectivity index (χ1) is 8.75. The summed E-state index contributed by atoms with van der Waals surface area (Å²) in [5, 5.41) is 22.7. The molecule has 2 N–H and O–H groups in total. The fourth-order valence-electron chi connectivity index (χ4n) is 1.39. The SMILES string of the molecule is CC(CO)CNc1ccc(S(C)(=O)=O)cc1[N+](=O)[O-]. The molecule has 8 heteroatoms. The highest BCUT2D eigenvalue weighted by Gasteiger charge is 2.18. The number of benzene rings is 1. The molecule has 19 heavy (non-hydrogen) atoms. The van der Waals surface area contributed by atoms with Crippen LogP contribution in [0.2, 0.25) is 0 Å². The molecule has 0 amide bonds. The van der Waals surface area contributed by atoms with Crippen LogP contribution >= 0.6 is 0 Å². The van der Waals surface area contributed by atoms with Crippen molar-refractivity contribution in [2.24, 2.45) is 5.92 Å². The molecule has 1 aromatic rings. The van der Waals surface area contributed by atoms with Crippen molar-refractivity contribution in [3.05, 3.63) is 28.3 Å². The van der Waals surface area contributed by atoms with Crippen LogP contribution in [0.5, 0.6) is 0 Å². The number of anilines is 1. The molecule has 0 radical (unpaired) electrons. The van der Waals surface area contributed by atoms with E-state index in [1.165, 1.54) is 12.1 Å². The molecule has 1 unspecified atom stereocenters. The van der Waals surface area contributed by atoms with Gasteiger partial charge in [-0.25, -0.2) is 8.42 Å². The van der Waals surface area contributed by atoms with Gasteiger partial charge in [-0.2, -0.15) is 0 Å². The first-order valence-corrected chi connectivity index (χ1v) is 7.48. The van der Waals surface area contributed by atoms with Gasteiger partial charge in [0.15, 0.2) is 9.84 Å². The average Bonchev–Trinajstić information content (AvgIpc) is 2.34. The van der Waals surface area contributed by atoms with Gasteiger partial charge in [-0.05, 0) is 18.1 Å². The number of nitro benzene ring substituents is 1. The largest absolute Gasteiger partial charge is 0.396 e. The predicted molar refractivity (Wildman–Crippen MR) is 70.9 cm³/mol. The van der Waals surface area contributed by atoms with Crippen molar-refractivity contribution in [2.45, 2.75) is 11.8 Å². The number of hydrogen-bond donors (Lipinski definition) is 2. The first kappa shape index (κ1) is 15.4. The van der Waals surface area contributed by atoms with E-state index in [2.05, 4.69) is 5.32 Å². The predicted octanol–water partition coefficient (Wildman–Crippen LogP) is 1.04. The Labute approximate surface area is 111 Å². The maximum atomic E-state index is 11.4. The second-order valence-corrected chi connectivity index (χ2v) is 6.39. The van der Waals surface area contributed by atoms with Gasteiger partial charge < -0.3 is 10.4 Å². The van der Waals surface area contributed by atoms with E-state index in [0.717, 1.165) is 12.3 Å². The van der Waals surface area contributed by atoms with Crippen molar-refractivity contribution < 1.29 is 18.4 Å². The van der Waals surface area contributed by atoms with Crippen LogP contribution in [0, 0.1) is 16.0 Å². The monoisotopic (exact) mass is 288 g/mol. The van der Waals surface area contributed by atoms with Crippen LogP contribution in [0.4, 0.5) is 11.4 Å². The van der Waals surface area contributed by atoms with E-state index in [0.29, 0.717) is 6.54 Å². The fraction of sp³-hybridized carbons (Fsp3) is 0.455. The second kappa shape index (κ2) is 5.98. The maximum Gasteiger partial charge on any atom is 0.293 e. The summed E-state index contributed by atoms with van der Waals surface area (Å²) in [6.07, 6.45) is 0.993. The van der Waals surface area contributed by atoms with E-state index in [1.807, 2.05) is 0 Å². The molecule has 0 heterocycles. The highest BCUT2D eigenvalue weighted by atomic mass is 32.2. The van der Waals surface area contributed by atoms with Crippen LogP contribution in [0.15, 0.2) is 23.1 Å². The van der Waals surface area contributed by atoms with Gasteiger partial charge >= 0.3 is 0 Å². The van der Waals surface area contributed by atoms with Crippen LogP contribution < -0.4 is 5.32 Å². The van der Waals surface area contributed by atoms with Crippen LogP contribution in [0.25, 0.3) is 0 Å². The number of hydrogen-bond acceptors (Lipinski definition) is 6. The Bertz CT molecular complexity index is 570.